The van der Waals surface area contributed by atoms with Crippen molar-refractivity contribution in [1.29, 1.82) is 5.26 Å². The molecule has 1 unspecified atom stereocenters. The van der Waals surface area contributed by atoms with Crippen LogP contribution in [0.3, 0.4) is 0 Å². The van der Waals surface area contributed by atoms with Gasteiger partial charge < -0.3 is 4.90 Å². The summed E-state index contributed by atoms with van der Waals surface area (Å²) in [6.07, 6.45) is 6.21. The second-order valence-electron chi connectivity index (χ2n) is 9.54. The number of hydrogen-bond donors (Lipinski definition) is 0. The van der Waals surface area contributed by atoms with Gasteiger partial charge in [-0.25, -0.2) is 0 Å². The van der Waals surface area contributed by atoms with Crippen LogP contribution < -0.4 is 4.90 Å². The number of piperazine rings is 1. The van der Waals surface area contributed by atoms with E-state index in [-0.39, 0.29) is 11.5 Å². The van der Waals surface area contributed by atoms with Gasteiger partial charge in [-0.15, -0.1) is 0 Å². The first-order valence-electron chi connectivity index (χ1n) is 11.3. The molecule has 4 rings (SSSR count). The molecule has 1 atom stereocenters. The lowest BCUT2D eigenvalue weighted by Crippen LogP contribution is -2.55. The highest BCUT2D eigenvalue weighted by molar-refractivity contribution is 7.80. The van der Waals surface area contributed by atoms with E-state index < -0.39 is 0 Å². The zero-order valence-electron chi connectivity index (χ0n) is 18.5. The molecule has 0 aromatic heterocycles. The van der Waals surface area contributed by atoms with E-state index in [1.165, 1.54) is 32.1 Å². The molecule has 1 aromatic carbocycles. The monoisotopic (exact) mass is 423 g/mol. The predicted octanol–water partition coefficient (Wildman–Crippen LogP) is 4.08. The summed E-state index contributed by atoms with van der Waals surface area (Å²) < 4.78 is 0. The number of hydrogen-bond acceptors (Lipinski definition) is 5. The zero-order chi connectivity index (χ0) is 21.3. The third kappa shape index (κ3) is 4.03. The van der Waals surface area contributed by atoms with Crippen molar-refractivity contribution < 1.29 is 0 Å². The van der Waals surface area contributed by atoms with Crippen LogP contribution in [0.1, 0.15) is 51.5 Å². The van der Waals surface area contributed by atoms with E-state index in [2.05, 4.69) is 41.7 Å². The van der Waals surface area contributed by atoms with Crippen LogP contribution in [0.4, 0.5) is 5.69 Å². The Morgan fingerprint density at radius 3 is 2.27 bits per heavy atom. The Bertz CT molecular complexity index is 839. The second-order valence-corrected chi connectivity index (χ2v) is 9.93. The van der Waals surface area contributed by atoms with Gasteiger partial charge in [0.15, 0.2) is 0 Å². The number of anilines is 1. The molecule has 3 fully saturated rings. The molecule has 0 amide bonds. The number of amidine groups is 1. The molecular weight excluding hydrogens is 390 g/mol. The lowest BCUT2D eigenvalue weighted by Gasteiger charge is -2.41. The quantitative estimate of drug-likeness (QED) is 0.686. The van der Waals surface area contributed by atoms with E-state index in [4.69, 9.17) is 17.2 Å². The summed E-state index contributed by atoms with van der Waals surface area (Å²) in [7, 11) is 2.20. The van der Waals surface area contributed by atoms with E-state index in [1.54, 1.807) is 0 Å². The smallest absolute Gasteiger partial charge is 0.127 e. The van der Waals surface area contributed by atoms with Crippen molar-refractivity contribution >= 4 is 28.7 Å². The van der Waals surface area contributed by atoms with Crippen molar-refractivity contribution in [3.63, 3.8) is 0 Å². The number of nitrogens with zero attached hydrogens (tertiary/aromatic N) is 5. The Morgan fingerprint density at radius 1 is 1.03 bits per heavy atom. The van der Waals surface area contributed by atoms with Crippen LogP contribution in [0, 0.1) is 16.7 Å². The molecule has 0 radical (unpaired) electrons. The van der Waals surface area contributed by atoms with Crippen LogP contribution in [0.15, 0.2) is 29.3 Å². The predicted molar refractivity (Wildman–Crippen MR) is 127 cm³/mol. The van der Waals surface area contributed by atoms with Crippen LogP contribution in [0.25, 0.3) is 0 Å². The molecule has 1 aliphatic carbocycles. The molecule has 6 heteroatoms. The molecule has 2 saturated heterocycles. The SMILES string of the molecule is CN1CCN(C2C(=NC3CCCCC3)N(c3ccc(C#N)cc3)C(=S)C2(C)C)CC1. The van der Waals surface area contributed by atoms with E-state index >= 15 is 0 Å². The van der Waals surface area contributed by atoms with Crippen LogP contribution in [0.2, 0.25) is 0 Å². The number of thiocarbonyl (C=S) groups is 1. The van der Waals surface area contributed by atoms with Gasteiger partial charge >= 0.3 is 0 Å². The van der Waals surface area contributed by atoms with Crippen LogP contribution in [-0.2, 0) is 0 Å². The van der Waals surface area contributed by atoms with Crippen LogP contribution in [0.5, 0.6) is 0 Å². The van der Waals surface area contributed by atoms with Crippen molar-refractivity contribution in [2.75, 3.05) is 38.1 Å². The molecular formula is C24H33N5S. The lowest BCUT2D eigenvalue weighted by atomic mass is 9.85. The van der Waals surface area contributed by atoms with E-state index in [9.17, 15) is 5.26 Å². The number of rotatable bonds is 3. The fourth-order valence-corrected chi connectivity index (χ4v) is 5.42. The van der Waals surface area contributed by atoms with Gasteiger partial charge in [0, 0.05) is 37.3 Å². The van der Waals surface area contributed by atoms with Gasteiger partial charge in [-0.05, 0) is 44.2 Å². The number of nitriles is 1. The van der Waals surface area contributed by atoms with Crippen LogP contribution >= 0.6 is 12.2 Å². The minimum Gasteiger partial charge on any atom is -0.304 e. The maximum Gasteiger partial charge on any atom is 0.127 e. The van der Waals surface area contributed by atoms with Gasteiger partial charge in [0.25, 0.3) is 0 Å². The molecule has 160 valence electrons. The Balaban J connectivity index is 1.75. The minimum atomic E-state index is -0.174. The first kappa shape index (κ1) is 21.4. The molecule has 2 heterocycles. The molecule has 0 bridgehead atoms. The van der Waals surface area contributed by atoms with Gasteiger partial charge in [0.1, 0.15) is 5.84 Å². The maximum absolute atomic E-state index is 9.21. The van der Waals surface area contributed by atoms with Crippen LogP contribution in [-0.4, -0.2) is 65.9 Å². The Kier molecular flexibility index (Phi) is 6.24. The van der Waals surface area contributed by atoms with E-state index in [1.807, 2.05) is 24.3 Å². The summed E-state index contributed by atoms with van der Waals surface area (Å²) in [5.41, 5.74) is 1.52. The first-order valence-corrected chi connectivity index (χ1v) is 11.7. The average Bonchev–Trinajstić information content (AvgIpc) is 2.95. The summed E-state index contributed by atoms with van der Waals surface area (Å²) in [5, 5.41) is 9.21. The Hall–Kier alpha value is -1.81. The minimum absolute atomic E-state index is 0.174. The van der Waals surface area contributed by atoms with Crippen molar-refractivity contribution in [1.82, 2.24) is 9.80 Å². The van der Waals surface area contributed by atoms with Crippen molar-refractivity contribution in [2.45, 2.75) is 58.0 Å². The fraction of sp³-hybridized carbons (Fsp3) is 0.625. The molecule has 0 N–H and O–H groups in total. The number of benzene rings is 1. The lowest BCUT2D eigenvalue weighted by molar-refractivity contribution is 0.108. The molecule has 3 aliphatic rings. The van der Waals surface area contributed by atoms with Crippen molar-refractivity contribution in [2.24, 2.45) is 10.4 Å². The molecule has 0 spiro atoms. The third-order valence-corrected chi connectivity index (χ3v) is 7.67. The molecule has 5 nitrogen and oxygen atoms in total. The van der Waals surface area contributed by atoms with Crippen molar-refractivity contribution in [3.8, 4) is 6.07 Å². The normalized spacial score (nSPS) is 27.5. The van der Waals surface area contributed by atoms with E-state index in [0.717, 1.165) is 42.7 Å². The van der Waals surface area contributed by atoms with Gasteiger partial charge in [0.05, 0.1) is 28.7 Å². The topological polar surface area (TPSA) is 45.9 Å². The molecule has 1 aromatic rings. The van der Waals surface area contributed by atoms with Crippen molar-refractivity contribution in [3.05, 3.63) is 29.8 Å². The maximum atomic E-state index is 9.21. The number of aliphatic imine (C=N–C) groups is 1. The summed E-state index contributed by atoms with van der Waals surface area (Å²) in [6, 6.07) is 10.6. The molecule has 30 heavy (non-hydrogen) atoms. The highest BCUT2D eigenvalue weighted by Gasteiger charge is 2.52. The third-order valence-electron chi connectivity index (χ3n) is 6.96. The summed E-state index contributed by atoms with van der Waals surface area (Å²) in [4.78, 5) is 13.5. The summed E-state index contributed by atoms with van der Waals surface area (Å²) in [6.45, 7) is 8.78. The largest absolute Gasteiger partial charge is 0.304 e. The van der Waals surface area contributed by atoms with Gasteiger partial charge in [-0.3, -0.25) is 14.8 Å². The highest BCUT2D eigenvalue weighted by atomic mass is 32.1. The Labute approximate surface area is 186 Å². The standard InChI is InChI=1S/C24H33N5S/c1-24(2)21(28-15-13-27(3)14-16-28)22(26-19-7-5-4-6-8-19)29(23(24)30)20-11-9-18(17-25)10-12-20/h9-12,19,21H,4-8,13-16H2,1-3H3. The molecule has 1 saturated carbocycles. The zero-order valence-corrected chi connectivity index (χ0v) is 19.3. The summed E-state index contributed by atoms with van der Waals surface area (Å²) in [5.74, 6) is 1.12. The van der Waals surface area contributed by atoms with Gasteiger partial charge in [-0.1, -0.05) is 45.3 Å². The van der Waals surface area contributed by atoms with Gasteiger partial charge in [-0.2, -0.15) is 5.26 Å². The summed E-state index contributed by atoms with van der Waals surface area (Å²) >= 11 is 6.08. The van der Waals surface area contributed by atoms with E-state index in [0.29, 0.717) is 11.6 Å². The second kappa shape index (κ2) is 8.74. The highest BCUT2D eigenvalue weighted by Crippen LogP contribution is 2.41. The average molecular weight is 424 g/mol. The molecule has 2 aliphatic heterocycles. The first-order chi connectivity index (χ1) is 14.4. The fourth-order valence-electron chi connectivity index (χ4n) is 5.11. The van der Waals surface area contributed by atoms with Gasteiger partial charge in [0.2, 0.25) is 0 Å². The number of likely N-dealkylation sites (N-methyl/N-ethyl adjacent to an activating group) is 1. The Morgan fingerprint density at radius 2 is 1.67 bits per heavy atom.